The highest BCUT2D eigenvalue weighted by molar-refractivity contribution is 7.99. The van der Waals surface area contributed by atoms with Gasteiger partial charge in [-0.15, -0.1) is 0 Å². The number of rotatable bonds is 2. The maximum atomic E-state index is 9.05. The fourth-order valence-corrected chi connectivity index (χ4v) is 2.54. The van der Waals surface area contributed by atoms with Crippen molar-refractivity contribution in [2.45, 2.75) is 23.9 Å². The molecule has 2 heterocycles. The molecule has 0 fully saturated rings. The van der Waals surface area contributed by atoms with Crippen LogP contribution in [0.25, 0.3) is 0 Å². The van der Waals surface area contributed by atoms with Gasteiger partial charge in [-0.2, -0.15) is 5.26 Å². The molecule has 5 heteroatoms. The standard InChI is InChI=1S/C13H12N4S/c1-8-3-9(2)17-12(4-8)18-13-10(6-14)5-11(15)7-16-13/h3-5,7H,15H2,1-2H3. The number of aromatic nitrogens is 2. The number of nitrogens with two attached hydrogens (primary N) is 1. The Bertz CT molecular complexity index is 611. The summed E-state index contributed by atoms with van der Waals surface area (Å²) in [5.41, 5.74) is 8.66. The van der Waals surface area contributed by atoms with E-state index in [9.17, 15) is 0 Å². The number of hydrogen-bond acceptors (Lipinski definition) is 5. The number of pyridine rings is 2. The second-order valence-electron chi connectivity index (χ2n) is 3.96. The number of aryl methyl sites for hydroxylation is 2. The average molecular weight is 256 g/mol. The van der Waals surface area contributed by atoms with Crippen molar-refractivity contribution in [3.63, 3.8) is 0 Å². The monoisotopic (exact) mass is 256 g/mol. The molecule has 0 atom stereocenters. The van der Waals surface area contributed by atoms with Crippen molar-refractivity contribution < 1.29 is 0 Å². The van der Waals surface area contributed by atoms with Crippen LogP contribution in [0, 0.1) is 25.2 Å². The lowest BCUT2D eigenvalue weighted by Crippen LogP contribution is -1.93. The summed E-state index contributed by atoms with van der Waals surface area (Å²) in [4.78, 5) is 8.59. The molecule has 2 aromatic heterocycles. The van der Waals surface area contributed by atoms with Crippen LogP contribution in [0.15, 0.2) is 34.4 Å². The van der Waals surface area contributed by atoms with E-state index in [1.165, 1.54) is 11.8 Å². The Balaban J connectivity index is 2.37. The van der Waals surface area contributed by atoms with Gasteiger partial charge < -0.3 is 5.73 Å². The molecule has 0 aromatic carbocycles. The Morgan fingerprint density at radius 3 is 2.72 bits per heavy atom. The molecule has 0 spiro atoms. The molecule has 0 aliphatic heterocycles. The normalized spacial score (nSPS) is 10.1. The highest BCUT2D eigenvalue weighted by atomic mass is 32.2. The third-order valence-electron chi connectivity index (χ3n) is 2.27. The molecule has 2 rings (SSSR count). The Labute approximate surface area is 110 Å². The largest absolute Gasteiger partial charge is 0.397 e. The minimum absolute atomic E-state index is 0.473. The number of anilines is 1. The minimum Gasteiger partial charge on any atom is -0.397 e. The number of nitriles is 1. The highest BCUT2D eigenvalue weighted by Crippen LogP contribution is 2.28. The van der Waals surface area contributed by atoms with Crippen LogP contribution >= 0.6 is 11.8 Å². The summed E-state index contributed by atoms with van der Waals surface area (Å²) in [6, 6.07) is 7.69. The van der Waals surface area contributed by atoms with Crippen molar-refractivity contribution in [2.75, 3.05) is 5.73 Å². The second kappa shape index (κ2) is 5.07. The Hall–Kier alpha value is -2.06. The van der Waals surface area contributed by atoms with E-state index in [1.807, 2.05) is 26.0 Å². The quantitative estimate of drug-likeness (QED) is 0.894. The number of hydrogen-bond donors (Lipinski definition) is 1. The van der Waals surface area contributed by atoms with Crippen molar-refractivity contribution in [3.05, 3.63) is 41.2 Å². The van der Waals surface area contributed by atoms with E-state index in [0.29, 0.717) is 16.3 Å². The summed E-state index contributed by atoms with van der Waals surface area (Å²) in [6.45, 7) is 3.96. The molecule has 0 aliphatic rings. The van der Waals surface area contributed by atoms with Gasteiger partial charge in [-0.25, -0.2) is 9.97 Å². The van der Waals surface area contributed by atoms with Crippen LogP contribution < -0.4 is 5.73 Å². The Morgan fingerprint density at radius 2 is 2.06 bits per heavy atom. The predicted octanol–water partition coefficient (Wildman–Crippen LogP) is 2.70. The maximum absolute atomic E-state index is 9.05. The minimum atomic E-state index is 0.473. The summed E-state index contributed by atoms with van der Waals surface area (Å²) >= 11 is 1.38. The fraction of sp³-hybridized carbons (Fsp3) is 0.154. The van der Waals surface area contributed by atoms with Crippen molar-refractivity contribution in [1.82, 2.24) is 9.97 Å². The lowest BCUT2D eigenvalue weighted by atomic mass is 10.3. The first-order valence-corrected chi connectivity index (χ1v) is 6.19. The molecule has 2 N–H and O–H groups in total. The molecule has 0 aliphatic carbocycles. The molecule has 0 unspecified atom stereocenters. The summed E-state index contributed by atoms with van der Waals surface area (Å²) < 4.78 is 0. The van der Waals surface area contributed by atoms with Crippen LogP contribution in [-0.4, -0.2) is 9.97 Å². The summed E-state index contributed by atoms with van der Waals surface area (Å²) in [7, 11) is 0. The summed E-state index contributed by atoms with van der Waals surface area (Å²) in [5, 5.41) is 10.5. The van der Waals surface area contributed by atoms with Crippen LogP contribution in [0.3, 0.4) is 0 Å². The Morgan fingerprint density at radius 1 is 1.28 bits per heavy atom. The molecule has 4 nitrogen and oxygen atoms in total. The number of nitrogen functional groups attached to an aromatic ring is 1. The molecule has 0 radical (unpaired) electrons. The highest BCUT2D eigenvalue weighted by Gasteiger charge is 2.08. The van der Waals surface area contributed by atoms with E-state index in [0.717, 1.165) is 16.3 Å². The third kappa shape index (κ3) is 2.79. The van der Waals surface area contributed by atoms with Gasteiger partial charge in [-0.05, 0) is 49.4 Å². The van der Waals surface area contributed by atoms with Crippen LogP contribution in [0.2, 0.25) is 0 Å². The first-order valence-electron chi connectivity index (χ1n) is 5.37. The average Bonchev–Trinajstić information content (AvgIpc) is 2.30. The zero-order valence-corrected chi connectivity index (χ0v) is 11.0. The zero-order valence-electron chi connectivity index (χ0n) is 10.1. The van der Waals surface area contributed by atoms with E-state index in [4.69, 9.17) is 11.0 Å². The van der Waals surface area contributed by atoms with Gasteiger partial charge in [-0.3, -0.25) is 0 Å². The van der Waals surface area contributed by atoms with E-state index in [-0.39, 0.29) is 0 Å². The SMILES string of the molecule is Cc1cc(C)nc(Sc2ncc(N)cc2C#N)c1. The third-order valence-corrected chi connectivity index (χ3v) is 3.21. The molecule has 0 saturated heterocycles. The van der Waals surface area contributed by atoms with Crippen molar-refractivity contribution in [3.8, 4) is 6.07 Å². The van der Waals surface area contributed by atoms with Crippen LogP contribution in [-0.2, 0) is 0 Å². The van der Waals surface area contributed by atoms with Gasteiger partial charge >= 0.3 is 0 Å². The van der Waals surface area contributed by atoms with E-state index in [2.05, 4.69) is 16.0 Å². The molecule has 18 heavy (non-hydrogen) atoms. The lowest BCUT2D eigenvalue weighted by molar-refractivity contribution is 1.03. The first kappa shape index (κ1) is 12.4. The summed E-state index contributed by atoms with van der Waals surface area (Å²) in [5.74, 6) is 0. The Kier molecular flexibility index (Phi) is 3.49. The smallest absolute Gasteiger partial charge is 0.120 e. The van der Waals surface area contributed by atoms with Crippen LogP contribution in [0.1, 0.15) is 16.8 Å². The van der Waals surface area contributed by atoms with Gasteiger partial charge in [0.15, 0.2) is 0 Å². The predicted molar refractivity (Wildman–Crippen MR) is 71.2 cm³/mol. The molecule has 90 valence electrons. The topological polar surface area (TPSA) is 75.6 Å². The van der Waals surface area contributed by atoms with E-state index < -0.39 is 0 Å². The summed E-state index contributed by atoms with van der Waals surface area (Å²) in [6.07, 6.45) is 1.55. The van der Waals surface area contributed by atoms with Gasteiger partial charge in [0.25, 0.3) is 0 Å². The molecule has 0 bridgehead atoms. The van der Waals surface area contributed by atoms with E-state index in [1.54, 1.807) is 12.3 Å². The van der Waals surface area contributed by atoms with Crippen molar-refractivity contribution in [2.24, 2.45) is 0 Å². The second-order valence-corrected chi connectivity index (χ2v) is 4.97. The van der Waals surface area contributed by atoms with Gasteiger partial charge in [0.05, 0.1) is 17.4 Å². The van der Waals surface area contributed by atoms with Gasteiger partial charge in [0.1, 0.15) is 16.1 Å². The van der Waals surface area contributed by atoms with Crippen molar-refractivity contribution >= 4 is 17.4 Å². The molecular formula is C13H12N4S. The lowest BCUT2D eigenvalue weighted by Gasteiger charge is -2.05. The van der Waals surface area contributed by atoms with Crippen LogP contribution in [0.5, 0.6) is 0 Å². The first-order chi connectivity index (χ1) is 8.58. The van der Waals surface area contributed by atoms with Gasteiger partial charge in [0, 0.05) is 5.69 Å². The van der Waals surface area contributed by atoms with Gasteiger partial charge in [0.2, 0.25) is 0 Å². The number of nitrogens with zero attached hydrogens (tertiary/aromatic N) is 3. The zero-order chi connectivity index (χ0) is 13.1. The van der Waals surface area contributed by atoms with Crippen LogP contribution in [0.4, 0.5) is 5.69 Å². The van der Waals surface area contributed by atoms with E-state index >= 15 is 0 Å². The molecule has 2 aromatic rings. The van der Waals surface area contributed by atoms with Gasteiger partial charge in [-0.1, -0.05) is 0 Å². The fourth-order valence-electron chi connectivity index (χ4n) is 1.59. The molecule has 0 saturated carbocycles. The van der Waals surface area contributed by atoms with Crippen molar-refractivity contribution in [1.29, 1.82) is 5.26 Å². The maximum Gasteiger partial charge on any atom is 0.120 e. The molecular weight excluding hydrogens is 244 g/mol. The molecule has 0 amide bonds.